The van der Waals surface area contributed by atoms with E-state index in [9.17, 15) is 9.59 Å². The maximum atomic E-state index is 13.2. The number of para-hydroxylation sites is 2. The van der Waals surface area contributed by atoms with Crippen LogP contribution in [0.5, 0.6) is 0 Å². The third kappa shape index (κ3) is 3.07. The summed E-state index contributed by atoms with van der Waals surface area (Å²) in [7, 11) is 0. The molecule has 1 saturated carbocycles. The molecule has 2 aliphatic carbocycles. The van der Waals surface area contributed by atoms with E-state index >= 15 is 0 Å². The highest BCUT2D eigenvalue weighted by Crippen LogP contribution is 2.34. The molecule has 0 bridgehead atoms. The first-order valence-electron chi connectivity index (χ1n) is 10.7. The molecule has 29 heavy (non-hydrogen) atoms. The minimum Gasteiger partial charge on any atom is -0.354 e. The summed E-state index contributed by atoms with van der Waals surface area (Å²) in [4.78, 5) is 33.4. The maximum Gasteiger partial charge on any atom is 0.274 e. The van der Waals surface area contributed by atoms with Crippen LogP contribution < -0.4 is 5.32 Å². The Morgan fingerprint density at radius 1 is 1.14 bits per heavy atom. The Balaban J connectivity index is 1.52. The van der Waals surface area contributed by atoms with Gasteiger partial charge in [0.25, 0.3) is 5.91 Å². The summed E-state index contributed by atoms with van der Waals surface area (Å²) < 4.78 is 2.20. The van der Waals surface area contributed by atoms with E-state index in [0.29, 0.717) is 29.7 Å². The molecule has 150 valence electrons. The highest BCUT2D eigenvalue weighted by molar-refractivity contribution is 6.08. The van der Waals surface area contributed by atoms with E-state index < -0.39 is 0 Å². The van der Waals surface area contributed by atoms with E-state index in [1.807, 2.05) is 25.1 Å². The fourth-order valence-corrected chi connectivity index (χ4v) is 5.01. The van der Waals surface area contributed by atoms with Crippen LogP contribution in [-0.4, -0.2) is 26.2 Å². The van der Waals surface area contributed by atoms with Crippen molar-refractivity contribution in [2.24, 2.45) is 0 Å². The largest absolute Gasteiger partial charge is 0.354 e. The van der Waals surface area contributed by atoms with Crippen molar-refractivity contribution in [2.45, 2.75) is 64.3 Å². The van der Waals surface area contributed by atoms with Crippen molar-refractivity contribution in [3.8, 4) is 0 Å². The van der Waals surface area contributed by atoms with Gasteiger partial charge < -0.3 is 9.55 Å². The highest BCUT2D eigenvalue weighted by atomic mass is 16.2. The monoisotopic (exact) mass is 390 g/mol. The number of H-pyrrole nitrogens is 1. The standard InChI is InChI=1S/C23H26N4O2/c1-14-20-17(11-7-13-19(20)28)24-21(14)22(29)26-23-25-16-10-5-6-12-18(16)27(23)15-8-3-2-4-9-15/h5-6,10,12,15,24H,2-4,7-9,11,13H2,1H3,(H,25,26,29). The van der Waals surface area contributed by atoms with Crippen LogP contribution in [0, 0.1) is 6.92 Å². The van der Waals surface area contributed by atoms with Gasteiger partial charge in [-0.1, -0.05) is 31.4 Å². The Hall–Kier alpha value is -2.89. The lowest BCUT2D eigenvalue weighted by Crippen LogP contribution is -2.20. The fourth-order valence-electron chi connectivity index (χ4n) is 5.01. The Morgan fingerprint density at radius 2 is 1.93 bits per heavy atom. The van der Waals surface area contributed by atoms with Crippen LogP contribution in [0.3, 0.4) is 0 Å². The lowest BCUT2D eigenvalue weighted by molar-refractivity contribution is 0.0971. The summed E-state index contributed by atoms with van der Waals surface area (Å²) >= 11 is 0. The molecule has 5 rings (SSSR count). The van der Waals surface area contributed by atoms with Gasteiger partial charge in [-0.2, -0.15) is 0 Å². The normalized spacial score (nSPS) is 17.5. The number of nitrogens with one attached hydrogen (secondary N) is 2. The Kier molecular flexibility index (Phi) is 4.49. The zero-order valence-electron chi connectivity index (χ0n) is 16.8. The van der Waals surface area contributed by atoms with Crippen LogP contribution >= 0.6 is 0 Å². The van der Waals surface area contributed by atoms with Crippen molar-refractivity contribution in [3.05, 3.63) is 46.8 Å². The number of hydrogen-bond acceptors (Lipinski definition) is 3. The third-order valence-electron chi connectivity index (χ3n) is 6.43. The Bertz CT molecular complexity index is 1100. The van der Waals surface area contributed by atoms with Crippen LogP contribution in [-0.2, 0) is 6.42 Å². The SMILES string of the molecule is Cc1c(C(=O)Nc2nc3ccccc3n2C2CCCCC2)[nH]c2c1C(=O)CCC2. The summed E-state index contributed by atoms with van der Waals surface area (Å²) in [5.41, 5.74) is 4.79. The molecule has 0 spiro atoms. The smallest absolute Gasteiger partial charge is 0.274 e. The summed E-state index contributed by atoms with van der Waals surface area (Å²) in [5, 5.41) is 3.05. The van der Waals surface area contributed by atoms with Gasteiger partial charge in [0.05, 0.1) is 11.0 Å². The number of anilines is 1. The van der Waals surface area contributed by atoms with E-state index in [1.54, 1.807) is 0 Å². The number of hydrogen-bond donors (Lipinski definition) is 2. The molecule has 0 radical (unpaired) electrons. The fraction of sp³-hybridized carbons (Fsp3) is 0.435. The van der Waals surface area contributed by atoms with Gasteiger partial charge in [-0.05, 0) is 50.3 Å². The number of rotatable bonds is 3. The van der Waals surface area contributed by atoms with E-state index in [-0.39, 0.29) is 11.7 Å². The predicted molar refractivity (Wildman–Crippen MR) is 113 cm³/mol. The second-order valence-corrected chi connectivity index (χ2v) is 8.30. The van der Waals surface area contributed by atoms with E-state index in [4.69, 9.17) is 4.98 Å². The van der Waals surface area contributed by atoms with Gasteiger partial charge >= 0.3 is 0 Å². The molecule has 2 aliphatic rings. The summed E-state index contributed by atoms with van der Waals surface area (Å²) in [6, 6.07) is 8.40. The number of carbonyl (C=O) groups excluding carboxylic acids is 2. The van der Waals surface area contributed by atoms with Crippen molar-refractivity contribution in [3.63, 3.8) is 0 Å². The number of amides is 1. The molecule has 0 aliphatic heterocycles. The molecule has 6 heteroatoms. The molecule has 0 atom stereocenters. The maximum absolute atomic E-state index is 13.2. The van der Waals surface area contributed by atoms with E-state index in [1.165, 1.54) is 19.3 Å². The van der Waals surface area contributed by atoms with Gasteiger partial charge in [-0.15, -0.1) is 0 Å². The molecule has 6 nitrogen and oxygen atoms in total. The van der Waals surface area contributed by atoms with Crippen molar-refractivity contribution < 1.29 is 9.59 Å². The van der Waals surface area contributed by atoms with Crippen LogP contribution in [0.1, 0.15) is 83.1 Å². The number of carbonyl (C=O) groups is 2. The summed E-state index contributed by atoms with van der Waals surface area (Å²) in [5.74, 6) is 0.506. The second kappa shape index (κ2) is 7.17. The van der Waals surface area contributed by atoms with Gasteiger partial charge in [0.2, 0.25) is 5.95 Å². The zero-order valence-corrected chi connectivity index (χ0v) is 16.8. The average Bonchev–Trinajstić information content (AvgIpc) is 3.27. The Morgan fingerprint density at radius 3 is 2.72 bits per heavy atom. The van der Waals surface area contributed by atoms with Crippen LogP contribution in [0.15, 0.2) is 24.3 Å². The topological polar surface area (TPSA) is 79.8 Å². The first kappa shape index (κ1) is 18.2. The van der Waals surface area contributed by atoms with Gasteiger partial charge in [0.1, 0.15) is 5.69 Å². The first-order valence-corrected chi connectivity index (χ1v) is 10.7. The number of fused-ring (bicyclic) bond motifs is 2. The van der Waals surface area contributed by atoms with E-state index in [2.05, 4.69) is 20.9 Å². The first-order chi connectivity index (χ1) is 14.1. The minimum atomic E-state index is -0.225. The van der Waals surface area contributed by atoms with Crippen LogP contribution in [0.25, 0.3) is 11.0 Å². The van der Waals surface area contributed by atoms with Gasteiger partial charge in [-0.25, -0.2) is 4.98 Å². The number of Topliss-reactive ketones (excluding diaryl/α,β-unsaturated/α-hetero) is 1. The number of ketones is 1. The quantitative estimate of drug-likeness (QED) is 0.664. The zero-order chi connectivity index (χ0) is 20.0. The lowest BCUT2D eigenvalue weighted by atomic mass is 9.94. The van der Waals surface area contributed by atoms with Crippen molar-refractivity contribution >= 4 is 28.7 Å². The molecule has 3 aromatic rings. The Labute approximate surface area is 169 Å². The molecular weight excluding hydrogens is 364 g/mol. The molecular formula is C23H26N4O2. The molecule has 2 aromatic heterocycles. The summed E-state index contributed by atoms with van der Waals surface area (Å²) in [6.45, 7) is 1.86. The third-order valence-corrected chi connectivity index (χ3v) is 6.43. The van der Waals surface area contributed by atoms with Crippen molar-refractivity contribution in [2.75, 3.05) is 5.32 Å². The molecule has 0 unspecified atom stereocenters. The molecule has 1 amide bonds. The van der Waals surface area contributed by atoms with Crippen molar-refractivity contribution in [1.82, 2.24) is 14.5 Å². The lowest BCUT2D eigenvalue weighted by Gasteiger charge is -2.25. The predicted octanol–water partition coefficient (Wildman–Crippen LogP) is 4.95. The van der Waals surface area contributed by atoms with Gasteiger partial charge in [0, 0.05) is 23.7 Å². The second-order valence-electron chi connectivity index (χ2n) is 8.30. The summed E-state index contributed by atoms with van der Waals surface area (Å²) in [6.07, 6.45) is 8.10. The van der Waals surface area contributed by atoms with Crippen molar-refractivity contribution in [1.29, 1.82) is 0 Å². The minimum absolute atomic E-state index is 0.133. The van der Waals surface area contributed by atoms with Crippen LogP contribution in [0.2, 0.25) is 0 Å². The molecule has 2 N–H and O–H groups in total. The number of aromatic amines is 1. The molecule has 0 saturated heterocycles. The number of nitrogens with zero attached hydrogens (tertiary/aromatic N) is 2. The number of aromatic nitrogens is 3. The number of aryl methyl sites for hydroxylation is 1. The van der Waals surface area contributed by atoms with Crippen LogP contribution in [0.4, 0.5) is 5.95 Å². The molecule has 1 aromatic carbocycles. The molecule has 2 heterocycles. The number of imidazole rings is 1. The number of benzene rings is 1. The average molecular weight is 390 g/mol. The van der Waals surface area contributed by atoms with E-state index in [0.717, 1.165) is 48.0 Å². The van der Waals surface area contributed by atoms with Gasteiger partial charge in [-0.3, -0.25) is 14.9 Å². The van der Waals surface area contributed by atoms with Gasteiger partial charge in [0.15, 0.2) is 5.78 Å². The molecule has 1 fully saturated rings. The highest BCUT2D eigenvalue weighted by Gasteiger charge is 2.28.